The van der Waals surface area contributed by atoms with Gasteiger partial charge in [-0.15, -0.1) is 0 Å². The van der Waals surface area contributed by atoms with Crippen LogP contribution in [-0.2, 0) is 12.8 Å². The van der Waals surface area contributed by atoms with E-state index in [-0.39, 0.29) is 0 Å². The monoisotopic (exact) mass is 392 g/mol. The summed E-state index contributed by atoms with van der Waals surface area (Å²) in [6, 6.07) is 30.3. The minimum atomic E-state index is 0.887. The number of hydrogen-bond acceptors (Lipinski definition) is 2. The standard InChI is InChI=1S/C28H24O2/c1-29-25-11-5-19(6-12-25)21-9-15-27-23(17-21)3-4-24-18-22(10-16-28(24)27)20-7-13-26(30-2)14-8-20/h5-18H,3-4H2,1-2H3. The molecular weight excluding hydrogens is 368 g/mol. The largest absolute Gasteiger partial charge is 0.497 e. The zero-order chi connectivity index (χ0) is 20.5. The van der Waals surface area contributed by atoms with E-state index in [1.54, 1.807) is 14.2 Å². The summed E-state index contributed by atoms with van der Waals surface area (Å²) in [5.41, 5.74) is 10.5. The number of hydrogen-bond donors (Lipinski definition) is 0. The van der Waals surface area contributed by atoms with Gasteiger partial charge in [0.05, 0.1) is 14.2 Å². The van der Waals surface area contributed by atoms with Gasteiger partial charge in [-0.1, -0.05) is 60.7 Å². The van der Waals surface area contributed by atoms with Crippen molar-refractivity contribution < 1.29 is 9.47 Å². The predicted molar refractivity (Wildman–Crippen MR) is 123 cm³/mol. The number of aryl methyl sites for hydroxylation is 2. The normalized spacial score (nSPS) is 12.1. The van der Waals surface area contributed by atoms with Gasteiger partial charge in [0.25, 0.3) is 0 Å². The predicted octanol–water partition coefficient (Wildman–Crippen LogP) is 6.80. The van der Waals surface area contributed by atoms with Gasteiger partial charge < -0.3 is 9.47 Å². The molecule has 4 aromatic carbocycles. The van der Waals surface area contributed by atoms with Crippen LogP contribution in [0.3, 0.4) is 0 Å². The van der Waals surface area contributed by atoms with E-state index >= 15 is 0 Å². The summed E-state index contributed by atoms with van der Waals surface area (Å²) in [7, 11) is 3.40. The van der Waals surface area contributed by atoms with Crippen LogP contribution in [-0.4, -0.2) is 14.2 Å². The van der Waals surface area contributed by atoms with Crippen LogP contribution in [0, 0.1) is 0 Å². The molecule has 0 bridgehead atoms. The summed E-state index contributed by atoms with van der Waals surface area (Å²) in [6.45, 7) is 0. The molecule has 0 spiro atoms. The average Bonchev–Trinajstić information content (AvgIpc) is 2.83. The molecule has 0 amide bonds. The second kappa shape index (κ2) is 7.72. The van der Waals surface area contributed by atoms with E-state index in [1.807, 2.05) is 24.3 Å². The molecule has 0 unspecified atom stereocenters. The first-order valence-electron chi connectivity index (χ1n) is 10.3. The van der Waals surface area contributed by atoms with Crippen molar-refractivity contribution in [2.45, 2.75) is 12.8 Å². The maximum Gasteiger partial charge on any atom is 0.118 e. The maximum atomic E-state index is 5.28. The smallest absolute Gasteiger partial charge is 0.118 e. The third-order valence-corrected chi connectivity index (χ3v) is 6.01. The van der Waals surface area contributed by atoms with Gasteiger partial charge in [-0.05, 0) is 81.6 Å². The molecule has 5 rings (SSSR count). The van der Waals surface area contributed by atoms with Crippen molar-refractivity contribution in [2.24, 2.45) is 0 Å². The highest BCUT2D eigenvalue weighted by Crippen LogP contribution is 2.38. The van der Waals surface area contributed by atoms with E-state index in [2.05, 4.69) is 60.7 Å². The fourth-order valence-electron chi connectivity index (χ4n) is 4.32. The Balaban J connectivity index is 1.47. The third-order valence-electron chi connectivity index (χ3n) is 6.01. The van der Waals surface area contributed by atoms with Crippen LogP contribution in [0.4, 0.5) is 0 Å². The molecule has 0 atom stereocenters. The first-order valence-corrected chi connectivity index (χ1v) is 10.3. The van der Waals surface area contributed by atoms with Gasteiger partial charge >= 0.3 is 0 Å². The third kappa shape index (κ3) is 3.35. The Morgan fingerprint density at radius 3 is 1.20 bits per heavy atom. The molecule has 0 radical (unpaired) electrons. The zero-order valence-electron chi connectivity index (χ0n) is 17.3. The lowest BCUT2D eigenvalue weighted by molar-refractivity contribution is 0.415. The zero-order valence-corrected chi connectivity index (χ0v) is 17.3. The molecule has 2 heteroatoms. The Bertz CT molecular complexity index is 1090. The summed E-state index contributed by atoms with van der Waals surface area (Å²) in [5.74, 6) is 1.77. The second-order valence-corrected chi connectivity index (χ2v) is 7.70. The van der Waals surface area contributed by atoms with E-state index in [0.717, 1.165) is 24.3 Å². The van der Waals surface area contributed by atoms with Crippen LogP contribution in [0.5, 0.6) is 11.5 Å². The number of fused-ring (bicyclic) bond motifs is 3. The van der Waals surface area contributed by atoms with Gasteiger partial charge in [0.2, 0.25) is 0 Å². The first-order chi connectivity index (χ1) is 14.7. The summed E-state index contributed by atoms with van der Waals surface area (Å²) >= 11 is 0. The van der Waals surface area contributed by atoms with Gasteiger partial charge in [-0.2, -0.15) is 0 Å². The lowest BCUT2D eigenvalue weighted by Crippen LogP contribution is -2.04. The topological polar surface area (TPSA) is 18.5 Å². The molecule has 148 valence electrons. The molecule has 0 saturated heterocycles. The van der Waals surface area contributed by atoms with Gasteiger partial charge in [-0.25, -0.2) is 0 Å². The van der Waals surface area contributed by atoms with E-state index in [4.69, 9.17) is 9.47 Å². The minimum Gasteiger partial charge on any atom is -0.497 e. The quantitative estimate of drug-likeness (QED) is 0.380. The Morgan fingerprint density at radius 2 is 0.833 bits per heavy atom. The Kier molecular flexibility index (Phi) is 4.76. The van der Waals surface area contributed by atoms with Crippen molar-refractivity contribution in [1.29, 1.82) is 0 Å². The van der Waals surface area contributed by atoms with Crippen molar-refractivity contribution in [1.82, 2.24) is 0 Å². The van der Waals surface area contributed by atoms with Crippen LogP contribution < -0.4 is 9.47 Å². The van der Waals surface area contributed by atoms with Crippen molar-refractivity contribution in [3.8, 4) is 44.9 Å². The Hall–Kier alpha value is -3.52. The Morgan fingerprint density at radius 1 is 0.467 bits per heavy atom. The van der Waals surface area contributed by atoms with Gasteiger partial charge in [0.15, 0.2) is 0 Å². The molecule has 1 aliphatic rings. The summed E-state index contributed by atoms with van der Waals surface area (Å²) in [5, 5.41) is 0. The lowest BCUT2D eigenvalue weighted by atomic mass is 9.83. The van der Waals surface area contributed by atoms with E-state index in [1.165, 1.54) is 44.5 Å². The fraction of sp³-hybridized carbons (Fsp3) is 0.143. The molecular formula is C28H24O2. The van der Waals surface area contributed by atoms with E-state index in [0.29, 0.717) is 0 Å². The lowest BCUT2D eigenvalue weighted by Gasteiger charge is -2.22. The van der Waals surface area contributed by atoms with Gasteiger partial charge in [-0.3, -0.25) is 0 Å². The van der Waals surface area contributed by atoms with E-state index < -0.39 is 0 Å². The number of benzene rings is 4. The van der Waals surface area contributed by atoms with E-state index in [9.17, 15) is 0 Å². The molecule has 0 N–H and O–H groups in total. The SMILES string of the molecule is COc1ccc(-c2ccc3c(c2)CCc2cc(-c4ccc(OC)cc4)ccc2-3)cc1. The molecule has 0 fully saturated rings. The van der Waals surface area contributed by atoms with Crippen molar-refractivity contribution >= 4 is 0 Å². The molecule has 4 aromatic rings. The highest BCUT2D eigenvalue weighted by molar-refractivity contribution is 5.80. The summed E-state index contributed by atoms with van der Waals surface area (Å²) < 4.78 is 10.6. The Labute approximate surface area is 177 Å². The number of rotatable bonds is 4. The fourth-order valence-corrected chi connectivity index (χ4v) is 4.32. The maximum absolute atomic E-state index is 5.28. The van der Waals surface area contributed by atoms with Crippen molar-refractivity contribution in [3.05, 3.63) is 96.1 Å². The van der Waals surface area contributed by atoms with Crippen molar-refractivity contribution in [3.63, 3.8) is 0 Å². The van der Waals surface area contributed by atoms with Gasteiger partial charge in [0.1, 0.15) is 11.5 Å². The minimum absolute atomic E-state index is 0.887. The van der Waals surface area contributed by atoms with Crippen LogP contribution in [0.1, 0.15) is 11.1 Å². The highest BCUT2D eigenvalue weighted by Gasteiger charge is 2.17. The molecule has 0 saturated carbocycles. The second-order valence-electron chi connectivity index (χ2n) is 7.70. The van der Waals surface area contributed by atoms with Crippen LogP contribution in [0.15, 0.2) is 84.9 Å². The average molecular weight is 392 g/mol. The first kappa shape index (κ1) is 18.5. The summed E-state index contributed by atoms with van der Waals surface area (Å²) in [4.78, 5) is 0. The van der Waals surface area contributed by atoms with Gasteiger partial charge in [0, 0.05) is 0 Å². The molecule has 0 aliphatic heterocycles. The molecule has 1 aliphatic carbocycles. The molecule has 0 aromatic heterocycles. The molecule has 30 heavy (non-hydrogen) atoms. The molecule has 0 heterocycles. The highest BCUT2D eigenvalue weighted by atomic mass is 16.5. The molecule has 2 nitrogen and oxygen atoms in total. The van der Waals surface area contributed by atoms with Crippen LogP contribution >= 0.6 is 0 Å². The number of ether oxygens (including phenoxy) is 2. The number of methoxy groups -OCH3 is 2. The summed E-state index contributed by atoms with van der Waals surface area (Å²) in [6.07, 6.45) is 2.14. The van der Waals surface area contributed by atoms with Crippen LogP contribution in [0.25, 0.3) is 33.4 Å². The van der Waals surface area contributed by atoms with Crippen molar-refractivity contribution in [2.75, 3.05) is 14.2 Å². The van der Waals surface area contributed by atoms with Crippen LogP contribution in [0.2, 0.25) is 0 Å².